The van der Waals surface area contributed by atoms with Gasteiger partial charge in [-0.25, -0.2) is 0 Å². The van der Waals surface area contributed by atoms with Gasteiger partial charge in [0, 0.05) is 26.2 Å². The minimum Gasteiger partial charge on any atom is -0.114 e. The van der Waals surface area contributed by atoms with Gasteiger partial charge in [0.2, 0.25) is 0 Å². The summed E-state index contributed by atoms with van der Waals surface area (Å²) in [5.74, 6) is 0. The number of hydrogen-bond acceptors (Lipinski definition) is 0. The fourth-order valence-corrected chi connectivity index (χ4v) is 15.6. The van der Waals surface area contributed by atoms with Crippen molar-refractivity contribution in [2.75, 3.05) is 0 Å². The summed E-state index contributed by atoms with van der Waals surface area (Å²) < 4.78 is -1.23. The normalized spacial score (nSPS) is 21.6. The van der Waals surface area contributed by atoms with Crippen LogP contribution in [0, 0.1) is 0 Å². The molecule has 0 saturated carbocycles. The molecule has 4 heteroatoms. The van der Waals surface area contributed by atoms with E-state index in [0.717, 1.165) is 25.7 Å². The van der Waals surface area contributed by atoms with Gasteiger partial charge >= 0.3 is 0 Å². The molecule has 4 aromatic carbocycles. The molecule has 4 aromatic rings. The first kappa shape index (κ1) is 46.0. The molecule has 0 nitrogen and oxygen atoms in total. The van der Waals surface area contributed by atoms with Crippen molar-refractivity contribution in [1.82, 2.24) is 0 Å². The van der Waals surface area contributed by atoms with Crippen molar-refractivity contribution >= 4 is 43.9 Å². The Balaban J connectivity index is 0.00000544. The van der Waals surface area contributed by atoms with Crippen LogP contribution in [-0.4, -0.2) is 9.52 Å². The number of allylic oxidation sites excluding steroid dienone is 4. The molecule has 60 heavy (non-hydrogen) atoms. The number of benzene rings is 4. The minimum absolute atomic E-state index is 0. The van der Waals surface area contributed by atoms with Crippen LogP contribution in [0.25, 0.3) is 33.4 Å². The number of aryl methyl sites for hydroxylation is 2. The Labute approximate surface area is 395 Å². The molecular formula is C56H70Cl2SiZr. The first-order chi connectivity index (χ1) is 27.2. The van der Waals surface area contributed by atoms with E-state index in [2.05, 4.69) is 159 Å². The van der Waals surface area contributed by atoms with Gasteiger partial charge in [0.05, 0.1) is 18.5 Å². The standard InChI is InChI=1S/C56H70Cl2Si.Zr/c1-31-33(3)55(57,45-27-35-19-17-21-43(35)49(47(31)45)37-23-39(51(5,6)7)29-40(24-37)52(8,9)10)59-56(58)34(4)32(2)48-46(56)28-36-20-18-22-44(36)50(48)38-25-41(53(11,12)13)30-42(26-38)54(14,15)16;/h23-30H,17-22,59H2,1-16H3;. The van der Waals surface area contributed by atoms with Crippen LogP contribution in [0.2, 0.25) is 0 Å². The summed E-state index contributed by atoms with van der Waals surface area (Å²) in [6, 6.07) is 20.0. The summed E-state index contributed by atoms with van der Waals surface area (Å²) in [7, 11) is -1.33. The second-order valence-corrected chi connectivity index (χ2v) is 27.9. The maximum atomic E-state index is 8.48. The van der Waals surface area contributed by atoms with E-state index < -0.39 is 18.5 Å². The first-order valence-corrected chi connectivity index (χ1v) is 24.8. The molecule has 0 bridgehead atoms. The van der Waals surface area contributed by atoms with Crippen molar-refractivity contribution < 1.29 is 26.2 Å². The fourth-order valence-electron chi connectivity index (χ4n) is 11.0. The van der Waals surface area contributed by atoms with Crippen molar-refractivity contribution in [2.24, 2.45) is 0 Å². The van der Waals surface area contributed by atoms with E-state index in [1.165, 1.54) is 124 Å². The van der Waals surface area contributed by atoms with E-state index >= 15 is 0 Å². The number of hydrogen-bond donors (Lipinski definition) is 0. The molecule has 8 rings (SSSR count). The van der Waals surface area contributed by atoms with Crippen LogP contribution in [0.3, 0.4) is 0 Å². The van der Waals surface area contributed by atoms with Gasteiger partial charge in [-0.2, -0.15) is 0 Å². The summed E-state index contributed by atoms with van der Waals surface area (Å²) in [4.78, 5) is 0. The van der Waals surface area contributed by atoms with Crippen molar-refractivity contribution in [3.05, 3.63) is 126 Å². The Kier molecular flexibility index (Phi) is 11.6. The molecule has 0 radical (unpaired) electrons. The molecule has 4 aliphatic rings. The van der Waals surface area contributed by atoms with E-state index in [0.29, 0.717) is 0 Å². The molecule has 0 amide bonds. The van der Waals surface area contributed by atoms with Crippen molar-refractivity contribution in [3.63, 3.8) is 0 Å². The van der Waals surface area contributed by atoms with E-state index in [9.17, 15) is 0 Å². The van der Waals surface area contributed by atoms with Gasteiger partial charge in [-0.05, 0) is 199 Å². The molecule has 0 aliphatic heterocycles. The largest absolute Gasteiger partial charge is 0.114 e. The monoisotopic (exact) mass is 930 g/mol. The zero-order valence-electron chi connectivity index (χ0n) is 39.8. The Morgan fingerprint density at radius 3 is 1.02 bits per heavy atom. The van der Waals surface area contributed by atoms with E-state index in [1.807, 2.05) is 0 Å². The summed E-state index contributed by atoms with van der Waals surface area (Å²) >= 11 is 17.0. The number of alkyl halides is 2. The molecule has 2 atom stereocenters. The number of fused-ring (bicyclic) bond motifs is 4. The molecule has 4 aliphatic carbocycles. The summed E-state index contributed by atoms with van der Waals surface area (Å²) in [6.45, 7) is 37.6. The van der Waals surface area contributed by atoms with Crippen LogP contribution >= 0.6 is 23.2 Å². The molecule has 0 saturated heterocycles. The second-order valence-electron chi connectivity index (χ2n) is 23.2. The van der Waals surface area contributed by atoms with E-state index in [4.69, 9.17) is 23.2 Å². The molecule has 0 heterocycles. The predicted octanol–water partition coefficient (Wildman–Crippen LogP) is 15.5. The van der Waals surface area contributed by atoms with Gasteiger partial charge in [-0.15, -0.1) is 23.2 Å². The zero-order valence-corrected chi connectivity index (χ0v) is 45.2. The molecule has 0 N–H and O–H groups in total. The van der Waals surface area contributed by atoms with E-state index in [-0.39, 0.29) is 47.9 Å². The molecular weight excluding hydrogens is 863 g/mol. The molecule has 316 valence electrons. The van der Waals surface area contributed by atoms with Crippen molar-refractivity contribution in [2.45, 2.75) is 180 Å². The molecule has 0 fully saturated rings. The summed E-state index contributed by atoms with van der Waals surface area (Å²) in [5.41, 5.74) is 28.1. The predicted molar refractivity (Wildman–Crippen MR) is 263 cm³/mol. The van der Waals surface area contributed by atoms with Gasteiger partial charge < -0.3 is 0 Å². The average molecular weight is 933 g/mol. The molecule has 0 aromatic heterocycles. The average Bonchev–Trinajstić information content (AvgIpc) is 3.89. The smallest absolute Gasteiger partial charge is 0.0923 e. The second kappa shape index (κ2) is 15.1. The minimum atomic E-state index is -1.33. The Bertz CT molecular complexity index is 2280. The third-order valence-corrected chi connectivity index (χ3v) is 19.7. The van der Waals surface area contributed by atoms with Crippen LogP contribution < -0.4 is 0 Å². The SMILES string of the molecule is CC1=C(C)C(Cl)([SiH2]C2(Cl)C(C)=C(C)c3c2cc2c(c3-c3cc(C(C)(C)C)cc(C(C)(C)C)c3)CCC2)c2cc3c(c(-c4cc(C(C)(C)C)cc(C(C)(C)C)c4)c21)CCC3.[Zr]. The maximum absolute atomic E-state index is 8.48. The maximum Gasteiger partial charge on any atom is 0.0923 e. The Hall–Kier alpha value is -1.96. The van der Waals surface area contributed by atoms with Gasteiger partial charge in [0.25, 0.3) is 0 Å². The van der Waals surface area contributed by atoms with E-state index in [1.54, 1.807) is 0 Å². The Morgan fingerprint density at radius 2 is 0.733 bits per heavy atom. The molecule has 0 spiro atoms. The van der Waals surface area contributed by atoms with Crippen molar-refractivity contribution in [1.29, 1.82) is 0 Å². The van der Waals surface area contributed by atoms with Gasteiger partial charge in [-0.1, -0.05) is 132 Å². The topological polar surface area (TPSA) is 0 Å². The van der Waals surface area contributed by atoms with Crippen LogP contribution in [0.5, 0.6) is 0 Å². The zero-order chi connectivity index (χ0) is 43.2. The van der Waals surface area contributed by atoms with Gasteiger partial charge in [-0.3, -0.25) is 0 Å². The summed E-state index contributed by atoms with van der Waals surface area (Å²) in [6.07, 6.45) is 6.85. The summed E-state index contributed by atoms with van der Waals surface area (Å²) in [5, 5.41) is 0. The number of rotatable bonds is 4. The van der Waals surface area contributed by atoms with Crippen LogP contribution in [0.4, 0.5) is 0 Å². The Morgan fingerprint density at radius 1 is 0.433 bits per heavy atom. The van der Waals surface area contributed by atoms with Crippen LogP contribution in [0.15, 0.2) is 59.7 Å². The quantitative estimate of drug-likeness (QED) is 0.141. The third kappa shape index (κ3) is 7.34. The van der Waals surface area contributed by atoms with Gasteiger partial charge in [0.15, 0.2) is 0 Å². The molecule has 2 unspecified atom stereocenters. The number of halogens is 2. The van der Waals surface area contributed by atoms with Crippen LogP contribution in [-0.2, 0) is 82.5 Å². The fraction of sp³-hybridized carbons (Fsp3) is 0.500. The first-order valence-electron chi connectivity index (χ1n) is 22.6. The van der Waals surface area contributed by atoms with Crippen LogP contribution in [0.1, 0.15) is 190 Å². The third-order valence-electron chi connectivity index (χ3n) is 15.1. The van der Waals surface area contributed by atoms with Gasteiger partial charge in [0.1, 0.15) is 0 Å². The van der Waals surface area contributed by atoms with Crippen molar-refractivity contribution in [3.8, 4) is 22.3 Å².